The van der Waals surface area contributed by atoms with E-state index in [1.54, 1.807) is 0 Å². The van der Waals surface area contributed by atoms with Crippen molar-refractivity contribution < 1.29 is 9.84 Å². The summed E-state index contributed by atoms with van der Waals surface area (Å²) < 4.78 is 5.00. The minimum atomic E-state index is 0.204. The molecule has 1 N–H and O–H groups in total. The number of rotatable bonds is 1. The van der Waals surface area contributed by atoms with Crippen LogP contribution < -0.4 is 0 Å². The Morgan fingerprint density at radius 3 is 2.75 bits per heavy atom. The fourth-order valence-electron chi connectivity index (χ4n) is 0.797. The molecular formula is C6H10O2. The van der Waals surface area contributed by atoms with Crippen molar-refractivity contribution in [1.82, 2.24) is 0 Å². The molecule has 0 radical (unpaired) electrons. The highest BCUT2D eigenvalue weighted by molar-refractivity contribution is 4.90. The lowest BCUT2D eigenvalue weighted by Crippen LogP contribution is -2.00. The van der Waals surface area contributed by atoms with Gasteiger partial charge in [0, 0.05) is 12.5 Å². The van der Waals surface area contributed by atoms with Crippen molar-refractivity contribution in [2.75, 3.05) is 13.2 Å². The molecule has 1 aliphatic rings. The molecule has 2 heteroatoms. The number of hydrogen-bond donors (Lipinski definition) is 1. The van der Waals surface area contributed by atoms with Crippen LogP contribution in [0.25, 0.3) is 0 Å². The van der Waals surface area contributed by atoms with Crippen molar-refractivity contribution in [2.45, 2.75) is 6.42 Å². The molecule has 0 aromatic carbocycles. The molecule has 8 heavy (non-hydrogen) atoms. The van der Waals surface area contributed by atoms with Crippen molar-refractivity contribution in [1.29, 1.82) is 0 Å². The Balaban J connectivity index is 2.35. The molecular weight excluding hydrogens is 104 g/mol. The molecule has 0 aromatic heterocycles. The monoisotopic (exact) mass is 114 g/mol. The van der Waals surface area contributed by atoms with E-state index in [9.17, 15) is 0 Å². The fourth-order valence-corrected chi connectivity index (χ4v) is 0.797. The highest BCUT2D eigenvalue weighted by atomic mass is 16.5. The topological polar surface area (TPSA) is 29.5 Å². The summed E-state index contributed by atoms with van der Waals surface area (Å²) in [4.78, 5) is 0. The van der Waals surface area contributed by atoms with Crippen LogP contribution in [0.3, 0.4) is 0 Å². The molecule has 0 spiro atoms. The first-order valence-electron chi connectivity index (χ1n) is 2.76. The maximum absolute atomic E-state index is 8.78. The van der Waals surface area contributed by atoms with Gasteiger partial charge in [0.1, 0.15) is 0 Å². The maximum atomic E-state index is 8.78. The summed E-state index contributed by atoms with van der Waals surface area (Å²) in [5.41, 5.74) is 0. The Morgan fingerprint density at radius 1 is 1.75 bits per heavy atom. The standard InChI is InChI=1S/C6H10O2/c1-5(7)6-2-3-8-4-6/h6-7H,1-4H2. The third-order valence-electron chi connectivity index (χ3n) is 1.40. The lowest BCUT2D eigenvalue weighted by Gasteiger charge is -2.01. The largest absolute Gasteiger partial charge is 0.513 e. The van der Waals surface area contributed by atoms with Crippen LogP contribution in [0.5, 0.6) is 0 Å². The zero-order chi connectivity index (χ0) is 5.98. The summed E-state index contributed by atoms with van der Waals surface area (Å²) in [6, 6.07) is 0. The summed E-state index contributed by atoms with van der Waals surface area (Å²) in [5.74, 6) is 0.470. The van der Waals surface area contributed by atoms with Gasteiger partial charge < -0.3 is 9.84 Å². The average Bonchev–Trinajstić information content (AvgIpc) is 2.12. The molecule has 0 aliphatic carbocycles. The summed E-state index contributed by atoms with van der Waals surface area (Å²) in [5, 5.41) is 8.78. The first kappa shape index (κ1) is 5.63. The van der Waals surface area contributed by atoms with Gasteiger partial charge in [0.05, 0.1) is 12.4 Å². The molecule has 1 aliphatic heterocycles. The third kappa shape index (κ3) is 1.01. The molecule has 1 saturated heterocycles. The van der Waals surface area contributed by atoms with E-state index >= 15 is 0 Å². The van der Waals surface area contributed by atoms with Crippen LogP contribution in [-0.2, 0) is 4.74 Å². The normalized spacial score (nSPS) is 28.2. The van der Waals surface area contributed by atoms with Crippen molar-refractivity contribution >= 4 is 0 Å². The van der Waals surface area contributed by atoms with Crippen molar-refractivity contribution in [3.05, 3.63) is 12.3 Å². The Kier molecular flexibility index (Phi) is 1.53. The van der Waals surface area contributed by atoms with Gasteiger partial charge in [-0.25, -0.2) is 0 Å². The van der Waals surface area contributed by atoms with Crippen LogP contribution in [0.15, 0.2) is 12.3 Å². The smallest absolute Gasteiger partial charge is 0.0905 e. The molecule has 0 bridgehead atoms. The summed E-state index contributed by atoms with van der Waals surface area (Å²) in [7, 11) is 0. The van der Waals surface area contributed by atoms with Gasteiger partial charge in [0.15, 0.2) is 0 Å². The second kappa shape index (κ2) is 2.18. The van der Waals surface area contributed by atoms with E-state index in [0.29, 0.717) is 6.61 Å². The van der Waals surface area contributed by atoms with Gasteiger partial charge in [0.2, 0.25) is 0 Å². The molecule has 1 unspecified atom stereocenters. The average molecular weight is 114 g/mol. The Hall–Kier alpha value is -0.500. The van der Waals surface area contributed by atoms with Crippen LogP contribution >= 0.6 is 0 Å². The SMILES string of the molecule is C=C(O)C1CCOC1. The third-order valence-corrected chi connectivity index (χ3v) is 1.40. The molecule has 1 rings (SSSR count). The van der Waals surface area contributed by atoms with Crippen molar-refractivity contribution in [2.24, 2.45) is 5.92 Å². The van der Waals surface area contributed by atoms with Crippen LogP contribution in [-0.4, -0.2) is 18.3 Å². The number of aliphatic hydroxyl groups is 1. The fraction of sp³-hybridized carbons (Fsp3) is 0.667. The zero-order valence-electron chi connectivity index (χ0n) is 4.76. The Morgan fingerprint density at radius 2 is 2.50 bits per heavy atom. The summed E-state index contributed by atoms with van der Waals surface area (Å²) in [6.07, 6.45) is 0.926. The Labute approximate surface area is 48.8 Å². The second-order valence-corrected chi connectivity index (χ2v) is 2.05. The summed E-state index contributed by atoms with van der Waals surface area (Å²) >= 11 is 0. The van der Waals surface area contributed by atoms with Crippen LogP contribution in [0.4, 0.5) is 0 Å². The number of aliphatic hydroxyl groups excluding tert-OH is 1. The molecule has 1 fully saturated rings. The van der Waals surface area contributed by atoms with E-state index in [4.69, 9.17) is 9.84 Å². The van der Waals surface area contributed by atoms with Gasteiger partial charge in [-0.3, -0.25) is 0 Å². The quantitative estimate of drug-likeness (QED) is 0.517. The van der Waals surface area contributed by atoms with Gasteiger partial charge in [0.25, 0.3) is 0 Å². The van der Waals surface area contributed by atoms with E-state index < -0.39 is 0 Å². The van der Waals surface area contributed by atoms with Crippen LogP contribution in [0.1, 0.15) is 6.42 Å². The predicted molar refractivity (Wildman–Crippen MR) is 30.7 cm³/mol. The predicted octanol–water partition coefficient (Wildman–Crippen LogP) is 1.09. The van der Waals surface area contributed by atoms with Gasteiger partial charge >= 0.3 is 0 Å². The van der Waals surface area contributed by atoms with Gasteiger partial charge in [-0.2, -0.15) is 0 Å². The van der Waals surface area contributed by atoms with Crippen LogP contribution in [0, 0.1) is 5.92 Å². The van der Waals surface area contributed by atoms with Gasteiger partial charge in [-0.15, -0.1) is 0 Å². The Bertz CT molecular complexity index is 92.7. The van der Waals surface area contributed by atoms with Crippen molar-refractivity contribution in [3.8, 4) is 0 Å². The highest BCUT2D eigenvalue weighted by Gasteiger charge is 2.17. The van der Waals surface area contributed by atoms with Crippen LogP contribution in [0.2, 0.25) is 0 Å². The summed E-state index contributed by atoms with van der Waals surface area (Å²) in [6.45, 7) is 4.83. The first-order valence-corrected chi connectivity index (χ1v) is 2.76. The molecule has 0 aromatic rings. The minimum Gasteiger partial charge on any atom is -0.513 e. The van der Waals surface area contributed by atoms with Gasteiger partial charge in [-0.05, 0) is 6.42 Å². The van der Waals surface area contributed by atoms with E-state index in [1.807, 2.05) is 0 Å². The first-order chi connectivity index (χ1) is 3.80. The van der Waals surface area contributed by atoms with E-state index in [-0.39, 0.29) is 11.7 Å². The number of hydrogen-bond acceptors (Lipinski definition) is 2. The number of ether oxygens (including phenoxy) is 1. The zero-order valence-corrected chi connectivity index (χ0v) is 4.76. The minimum absolute atomic E-state index is 0.204. The molecule has 2 nitrogen and oxygen atoms in total. The van der Waals surface area contributed by atoms with Gasteiger partial charge in [-0.1, -0.05) is 6.58 Å². The molecule has 1 heterocycles. The lowest BCUT2D eigenvalue weighted by atomic mass is 10.1. The second-order valence-electron chi connectivity index (χ2n) is 2.05. The van der Waals surface area contributed by atoms with E-state index in [0.717, 1.165) is 13.0 Å². The maximum Gasteiger partial charge on any atom is 0.0905 e. The highest BCUT2D eigenvalue weighted by Crippen LogP contribution is 2.17. The van der Waals surface area contributed by atoms with E-state index in [2.05, 4.69) is 6.58 Å². The lowest BCUT2D eigenvalue weighted by molar-refractivity contribution is 0.182. The molecule has 1 atom stereocenters. The molecule has 0 amide bonds. The van der Waals surface area contributed by atoms with Crippen molar-refractivity contribution in [3.63, 3.8) is 0 Å². The molecule has 46 valence electrons. The molecule has 0 saturated carbocycles. The van der Waals surface area contributed by atoms with E-state index in [1.165, 1.54) is 0 Å².